The number of benzene rings is 3. The first-order valence-corrected chi connectivity index (χ1v) is 10.7. The van der Waals surface area contributed by atoms with E-state index in [1.54, 1.807) is 0 Å². The number of carbonyl (C=O) groups is 1. The van der Waals surface area contributed by atoms with E-state index in [0.717, 1.165) is 11.0 Å². The molecule has 0 radical (unpaired) electrons. The molecule has 0 saturated carbocycles. The molecule has 1 aliphatic heterocycles. The van der Waals surface area contributed by atoms with Gasteiger partial charge in [-0.15, -0.1) is 0 Å². The highest BCUT2D eigenvalue weighted by Crippen LogP contribution is 2.43. The normalized spacial score (nSPS) is 17.8. The minimum atomic E-state index is -0.807. The molecule has 1 fully saturated rings. The highest BCUT2D eigenvalue weighted by molar-refractivity contribution is 8.05. The number of para-hydroxylation sites is 3. The van der Waals surface area contributed by atoms with Gasteiger partial charge in [0.2, 0.25) is 5.37 Å². The first-order chi connectivity index (χ1) is 15.7. The van der Waals surface area contributed by atoms with E-state index < -0.39 is 5.37 Å². The van der Waals surface area contributed by atoms with Crippen molar-refractivity contribution in [3.8, 4) is 6.07 Å². The van der Waals surface area contributed by atoms with E-state index in [4.69, 9.17) is 0 Å². The van der Waals surface area contributed by atoms with Crippen molar-refractivity contribution in [3.63, 3.8) is 0 Å². The average molecular weight is 437 g/mol. The predicted molar refractivity (Wildman–Crippen MR) is 125 cm³/mol. The quantitative estimate of drug-likeness (QED) is 0.330. The molecule has 1 saturated heterocycles. The molecule has 0 aliphatic carbocycles. The third-order valence-corrected chi connectivity index (χ3v) is 5.99. The average Bonchev–Trinajstić information content (AvgIpc) is 3.40. The lowest BCUT2D eigenvalue weighted by Gasteiger charge is -2.17. The Labute approximate surface area is 188 Å². The second kappa shape index (κ2) is 8.49. The van der Waals surface area contributed by atoms with Crippen LogP contribution in [0.5, 0.6) is 0 Å². The fourth-order valence-electron chi connectivity index (χ4n) is 3.37. The summed E-state index contributed by atoms with van der Waals surface area (Å²) >= 11 is 1.19. The van der Waals surface area contributed by atoms with E-state index in [1.165, 1.54) is 16.7 Å². The Morgan fingerprint density at radius 1 is 1.00 bits per heavy atom. The summed E-state index contributed by atoms with van der Waals surface area (Å²) in [6.45, 7) is 0. The van der Waals surface area contributed by atoms with Gasteiger partial charge in [-0.05, 0) is 36.4 Å². The lowest BCUT2D eigenvalue weighted by Crippen LogP contribution is -2.28. The van der Waals surface area contributed by atoms with Crippen molar-refractivity contribution in [1.82, 2.24) is 9.97 Å². The molecule has 1 aliphatic rings. The molecular weight excluding hydrogens is 420 g/mol. The zero-order valence-electron chi connectivity index (χ0n) is 16.7. The van der Waals surface area contributed by atoms with Crippen LogP contribution in [0.3, 0.4) is 0 Å². The molecule has 0 spiro atoms. The summed E-state index contributed by atoms with van der Waals surface area (Å²) < 4.78 is 0. The number of hydrogen-bond donors (Lipinski definition) is 1. The van der Waals surface area contributed by atoms with Gasteiger partial charge in [0.25, 0.3) is 5.91 Å². The zero-order chi connectivity index (χ0) is 21.9. The maximum atomic E-state index is 13.3. The summed E-state index contributed by atoms with van der Waals surface area (Å²) in [5, 5.41) is 18.2. The number of amides is 1. The number of nitrogens with zero attached hydrogens (tertiary/aromatic N) is 5. The van der Waals surface area contributed by atoms with Gasteiger partial charge in [0, 0.05) is 5.69 Å². The summed E-state index contributed by atoms with van der Waals surface area (Å²) in [7, 11) is 0. The number of nitriles is 1. The Bertz CT molecular complexity index is 1360. The van der Waals surface area contributed by atoms with Crippen LogP contribution >= 0.6 is 11.8 Å². The topological polar surface area (TPSA) is 97.5 Å². The first kappa shape index (κ1) is 19.7. The van der Waals surface area contributed by atoms with Gasteiger partial charge in [-0.2, -0.15) is 15.5 Å². The smallest absolute Gasteiger partial charge is 0.269 e. The number of aromatic amines is 1. The van der Waals surface area contributed by atoms with Gasteiger partial charge in [-0.1, -0.05) is 60.3 Å². The number of hydrogen-bond acceptors (Lipinski definition) is 6. The number of nitrogens with one attached hydrogen (secondary N) is 1. The molecule has 154 valence electrons. The molecule has 8 heteroatoms. The van der Waals surface area contributed by atoms with Crippen LogP contribution in [-0.4, -0.2) is 21.2 Å². The van der Waals surface area contributed by atoms with E-state index in [9.17, 15) is 10.1 Å². The number of anilines is 1. The number of H-pyrrole nitrogens is 1. The fraction of sp³-hybridized carbons (Fsp3) is 0.0417. The highest BCUT2D eigenvalue weighted by atomic mass is 32.2. The Balaban J connectivity index is 1.61. The van der Waals surface area contributed by atoms with Gasteiger partial charge in [0.15, 0.2) is 5.82 Å². The molecule has 1 aromatic heterocycles. The van der Waals surface area contributed by atoms with E-state index in [2.05, 4.69) is 26.3 Å². The van der Waals surface area contributed by atoms with Crippen LogP contribution in [0.15, 0.2) is 100 Å². The predicted octanol–water partition coefficient (Wildman–Crippen LogP) is 5.65. The van der Waals surface area contributed by atoms with E-state index in [1.807, 2.05) is 84.9 Å². The fourth-order valence-corrected chi connectivity index (χ4v) is 4.44. The molecule has 2 heterocycles. The molecule has 1 N–H and O–H groups in total. The lowest BCUT2D eigenvalue weighted by atomic mass is 10.2. The van der Waals surface area contributed by atoms with Crippen molar-refractivity contribution in [2.75, 3.05) is 4.90 Å². The summed E-state index contributed by atoms with van der Waals surface area (Å²) in [4.78, 5) is 22.6. The molecule has 1 atom stereocenters. The molecule has 5 rings (SSSR count). The Morgan fingerprint density at radius 2 is 1.69 bits per heavy atom. The molecule has 7 nitrogen and oxygen atoms in total. The van der Waals surface area contributed by atoms with Crippen LogP contribution in [0.1, 0.15) is 5.82 Å². The number of allylic oxidation sites excluding steroid dienone is 1. The standard InChI is InChI=1S/C24H16N6OS/c25-15-18(21-26-19-13-7-8-14-20(19)27-21)24-30(17-11-5-2-6-12-17)23(31)22(32-24)29-28-16-9-3-1-4-10-16/h1-14,22H,(H,26,27)/b24-18+,29-28?. The van der Waals surface area contributed by atoms with Crippen LogP contribution in [-0.2, 0) is 4.79 Å². The minimum Gasteiger partial charge on any atom is -0.337 e. The van der Waals surface area contributed by atoms with Gasteiger partial charge < -0.3 is 4.98 Å². The summed E-state index contributed by atoms with van der Waals surface area (Å²) in [5.74, 6) is 0.144. The van der Waals surface area contributed by atoms with Crippen molar-refractivity contribution in [2.24, 2.45) is 10.2 Å². The number of imidazole rings is 1. The van der Waals surface area contributed by atoms with Crippen LogP contribution in [0.25, 0.3) is 16.6 Å². The van der Waals surface area contributed by atoms with Crippen molar-refractivity contribution in [3.05, 3.63) is 95.8 Å². The number of aromatic nitrogens is 2. The molecule has 3 aromatic carbocycles. The number of carbonyl (C=O) groups excluding carboxylic acids is 1. The van der Waals surface area contributed by atoms with E-state index in [0.29, 0.717) is 22.2 Å². The Morgan fingerprint density at radius 3 is 2.41 bits per heavy atom. The van der Waals surface area contributed by atoms with Gasteiger partial charge in [0.1, 0.15) is 16.7 Å². The molecular formula is C24H16N6OS. The second-order valence-corrected chi connectivity index (χ2v) is 7.99. The highest BCUT2D eigenvalue weighted by Gasteiger charge is 2.40. The van der Waals surface area contributed by atoms with E-state index in [-0.39, 0.29) is 11.5 Å². The molecule has 1 amide bonds. The van der Waals surface area contributed by atoms with Gasteiger partial charge >= 0.3 is 0 Å². The number of azo groups is 1. The summed E-state index contributed by atoms with van der Waals surface area (Å²) in [6.07, 6.45) is 0. The Kier molecular flexibility index (Phi) is 5.24. The summed E-state index contributed by atoms with van der Waals surface area (Å²) in [5.41, 5.74) is 3.15. The molecule has 4 aromatic rings. The monoisotopic (exact) mass is 436 g/mol. The van der Waals surface area contributed by atoms with Crippen molar-refractivity contribution in [1.29, 1.82) is 5.26 Å². The molecule has 32 heavy (non-hydrogen) atoms. The third-order valence-electron chi connectivity index (χ3n) is 4.86. The van der Waals surface area contributed by atoms with Crippen LogP contribution < -0.4 is 4.90 Å². The SMILES string of the molecule is N#C/C(=C1\SC(N=Nc2ccccc2)C(=O)N1c1ccccc1)c1nc2ccccc2[nH]1. The first-order valence-electron chi connectivity index (χ1n) is 9.85. The number of rotatable bonds is 4. The maximum absolute atomic E-state index is 13.3. The van der Waals surface area contributed by atoms with E-state index >= 15 is 0 Å². The van der Waals surface area contributed by atoms with Crippen LogP contribution in [0, 0.1) is 11.3 Å². The van der Waals surface area contributed by atoms with Crippen molar-refractivity contribution in [2.45, 2.75) is 5.37 Å². The second-order valence-electron chi connectivity index (χ2n) is 6.92. The minimum absolute atomic E-state index is 0.264. The van der Waals surface area contributed by atoms with Gasteiger partial charge in [0.05, 0.1) is 16.7 Å². The largest absolute Gasteiger partial charge is 0.337 e. The van der Waals surface area contributed by atoms with Crippen molar-refractivity contribution >= 4 is 45.7 Å². The maximum Gasteiger partial charge on any atom is 0.269 e. The number of thioether (sulfide) groups is 1. The van der Waals surface area contributed by atoms with Gasteiger partial charge in [-0.25, -0.2) is 4.98 Å². The lowest BCUT2D eigenvalue weighted by molar-refractivity contribution is -0.117. The van der Waals surface area contributed by atoms with Crippen molar-refractivity contribution < 1.29 is 4.79 Å². The van der Waals surface area contributed by atoms with Crippen LogP contribution in [0.2, 0.25) is 0 Å². The van der Waals surface area contributed by atoms with Crippen LogP contribution in [0.4, 0.5) is 11.4 Å². The molecule has 0 bridgehead atoms. The number of fused-ring (bicyclic) bond motifs is 1. The summed E-state index contributed by atoms with van der Waals surface area (Å²) in [6, 6.07) is 28.2. The third kappa shape index (κ3) is 3.66. The Hall–Kier alpha value is -4.22. The van der Waals surface area contributed by atoms with Gasteiger partial charge in [-0.3, -0.25) is 9.69 Å². The zero-order valence-corrected chi connectivity index (χ0v) is 17.5. The molecule has 1 unspecified atom stereocenters.